The normalized spacial score (nSPS) is 36.8. The average Bonchev–Trinajstić information content (AvgIpc) is 2.76. The average molecular weight is 226 g/mol. The molecule has 0 amide bonds. The zero-order valence-corrected chi connectivity index (χ0v) is 10.5. The molecule has 3 unspecified atom stereocenters. The number of ether oxygens (including phenoxy) is 1. The van der Waals surface area contributed by atoms with Crippen LogP contribution in [0.15, 0.2) is 0 Å². The summed E-state index contributed by atoms with van der Waals surface area (Å²) < 4.78 is 5.64. The Morgan fingerprint density at radius 1 is 1.38 bits per heavy atom. The first-order chi connectivity index (χ1) is 7.75. The van der Waals surface area contributed by atoms with Gasteiger partial charge in [0.05, 0.1) is 6.10 Å². The number of rotatable bonds is 4. The van der Waals surface area contributed by atoms with Crippen LogP contribution in [0.3, 0.4) is 0 Å². The molecule has 0 aromatic heterocycles. The van der Waals surface area contributed by atoms with Crippen LogP contribution in [0.25, 0.3) is 0 Å². The molecule has 2 aliphatic heterocycles. The molecule has 2 aliphatic rings. The molecule has 0 radical (unpaired) electrons. The van der Waals surface area contributed by atoms with E-state index in [2.05, 4.69) is 11.8 Å². The maximum absolute atomic E-state index is 6.02. The van der Waals surface area contributed by atoms with Crippen LogP contribution in [-0.2, 0) is 4.74 Å². The van der Waals surface area contributed by atoms with E-state index in [9.17, 15) is 0 Å². The number of nitrogens with two attached hydrogens (primary N) is 1. The number of piperidine rings is 1. The van der Waals surface area contributed by atoms with E-state index in [1.54, 1.807) is 0 Å². The van der Waals surface area contributed by atoms with Gasteiger partial charge in [0.1, 0.15) is 0 Å². The van der Waals surface area contributed by atoms with E-state index in [0.717, 1.165) is 6.61 Å². The third-order valence-corrected chi connectivity index (χ3v) is 4.08. The molecular formula is C13H26N2O. The van der Waals surface area contributed by atoms with Crippen LogP contribution in [-0.4, -0.2) is 43.3 Å². The zero-order chi connectivity index (χ0) is 11.4. The van der Waals surface area contributed by atoms with Gasteiger partial charge in [-0.1, -0.05) is 6.92 Å². The topological polar surface area (TPSA) is 38.5 Å². The molecule has 2 heterocycles. The fourth-order valence-corrected chi connectivity index (χ4v) is 2.87. The molecule has 3 nitrogen and oxygen atoms in total. The van der Waals surface area contributed by atoms with Crippen LogP contribution in [0, 0.1) is 5.92 Å². The minimum absolute atomic E-state index is 0.425. The summed E-state index contributed by atoms with van der Waals surface area (Å²) in [5.74, 6) is 0.663. The third kappa shape index (κ3) is 3.44. The Hall–Kier alpha value is -0.120. The molecule has 3 atom stereocenters. The maximum atomic E-state index is 6.02. The smallest absolute Gasteiger partial charge is 0.0576 e. The van der Waals surface area contributed by atoms with Crippen molar-refractivity contribution in [2.24, 2.45) is 11.7 Å². The molecule has 0 aromatic rings. The van der Waals surface area contributed by atoms with E-state index in [-0.39, 0.29) is 0 Å². The molecule has 3 heteroatoms. The standard InChI is InChI=1S/C13H26N2O/c1-11-10-15(8-6-13(11)14)7-2-4-12-5-3-9-16-12/h11-13H,2-10,14H2,1H3. The Morgan fingerprint density at radius 3 is 2.94 bits per heavy atom. The van der Waals surface area contributed by atoms with Crippen molar-refractivity contribution in [1.82, 2.24) is 4.90 Å². The van der Waals surface area contributed by atoms with E-state index in [1.165, 1.54) is 51.7 Å². The van der Waals surface area contributed by atoms with Crippen molar-refractivity contribution in [3.63, 3.8) is 0 Å². The summed E-state index contributed by atoms with van der Waals surface area (Å²) in [4.78, 5) is 2.57. The van der Waals surface area contributed by atoms with Gasteiger partial charge < -0.3 is 15.4 Å². The van der Waals surface area contributed by atoms with Gasteiger partial charge in [0.2, 0.25) is 0 Å². The summed E-state index contributed by atoms with van der Waals surface area (Å²) in [6.07, 6.45) is 6.80. The van der Waals surface area contributed by atoms with E-state index in [1.807, 2.05) is 0 Å². The summed E-state index contributed by atoms with van der Waals surface area (Å²) in [6, 6.07) is 0.425. The lowest BCUT2D eigenvalue weighted by molar-refractivity contribution is 0.0944. The number of nitrogens with zero attached hydrogens (tertiary/aromatic N) is 1. The molecule has 0 aromatic carbocycles. The Kier molecular flexibility index (Phi) is 4.62. The van der Waals surface area contributed by atoms with Gasteiger partial charge in [0, 0.05) is 19.2 Å². The van der Waals surface area contributed by atoms with Crippen LogP contribution >= 0.6 is 0 Å². The lowest BCUT2D eigenvalue weighted by atomic mass is 9.94. The first-order valence-electron chi connectivity index (χ1n) is 6.85. The highest BCUT2D eigenvalue weighted by Gasteiger charge is 2.23. The van der Waals surface area contributed by atoms with Crippen LogP contribution in [0.5, 0.6) is 0 Å². The Balaban J connectivity index is 1.59. The zero-order valence-electron chi connectivity index (χ0n) is 10.5. The molecule has 2 fully saturated rings. The summed E-state index contributed by atoms with van der Waals surface area (Å²) in [7, 11) is 0. The molecule has 0 bridgehead atoms. The molecule has 94 valence electrons. The van der Waals surface area contributed by atoms with Crippen LogP contribution in [0.2, 0.25) is 0 Å². The van der Waals surface area contributed by atoms with E-state index < -0.39 is 0 Å². The number of hydrogen-bond donors (Lipinski definition) is 1. The minimum atomic E-state index is 0.425. The third-order valence-electron chi connectivity index (χ3n) is 4.08. The van der Waals surface area contributed by atoms with Gasteiger partial charge in [-0.25, -0.2) is 0 Å². The predicted molar refractivity (Wildman–Crippen MR) is 66.4 cm³/mol. The summed E-state index contributed by atoms with van der Waals surface area (Å²) >= 11 is 0. The molecule has 0 spiro atoms. The highest BCUT2D eigenvalue weighted by molar-refractivity contribution is 4.80. The molecule has 2 saturated heterocycles. The fraction of sp³-hybridized carbons (Fsp3) is 1.00. The molecule has 2 N–H and O–H groups in total. The first-order valence-corrected chi connectivity index (χ1v) is 6.85. The van der Waals surface area contributed by atoms with Crippen molar-refractivity contribution < 1.29 is 4.74 Å². The molecule has 16 heavy (non-hydrogen) atoms. The van der Waals surface area contributed by atoms with Gasteiger partial charge >= 0.3 is 0 Å². The SMILES string of the molecule is CC1CN(CCCC2CCCO2)CCC1N. The lowest BCUT2D eigenvalue weighted by Crippen LogP contribution is -2.46. The predicted octanol–water partition coefficient (Wildman–Crippen LogP) is 1.61. The lowest BCUT2D eigenvalue weighted by Gasteiger charge is -2.35. The van der Waals surface area contributed by atoms with Gasteiger partial charge in [0.15, 0.2) is 0 Å². The highest BCUT2D eigenvalue weighted by Crippen LogP contribution is 2.19. The quantitative estimate of drug-likeness (QED) is 0.791. The van der Waals surface area contributed by atoms with E-state index in [0.29, 0.717) is 18.1 Å². The Bertz CT molecular complexity index is 204. The van der Waals surface area contributed by atoms with Crippen molar-refractivity contribution in [1.29, 1.82) is 0 Å². The van der Waals surface area contributed by atoms with Crippen LogP contribution < -0.4 is 5.73 Å². The Labute approximate surface area is 99.3 Å². The van der Waals surface area contributed by atoms with Crippen molar-refractivity contribution in [3.05, 3.63) is 0 Å². The molecule has 0 saturated carbocycles. The van der Waals surface area contributed by atoms with Crippen molar-refractivity contribution in [3.8, 4) is 0 Å². The fourth-order valence-electron chi connectivity index (χ4n) is 2.87. The van der Waals surface area contributed by atoms with Crippen LogP contribution in [0.1, 0.15) is 39.0 Å². The van der Waals surface area contributed by atoms with Gasteiger partial charge in [-0.15, -0.1) is 0 Å². The second kappa shape index (κ2) is 5.99. The second-order valence-corrected chi connectivity index (χ2v) is 5.51. The van der Waals surface area contributed by atoms with Crippen molar-refractivity contribution in [2.75, 3.05) is 26.2 Å². The van der Waals surface area contributed by atoms with Crippen molar-refractivity contribution >= 4 is 0 Å². The summed E-state index contributed by atoms with van der Waals surface area (Å²) in [5.41, 5.74) is 6.02. The molecule has 2 rings (SSSR count). The first kappa shape index (κ1) is 12.3. The van der Waals surface area contributed by atoms with Crippen molar-refractivity contribution in [2.45, 2.75) is 51.2 Å². The Morgan fingerprint density at radius 2 is 2.25 bits per heavy atom. The minimum Gasteiger partial charge on any atom is -0.378 e. The van der Waals surface area contributed by atoms with Crippen LogP contribution in [0.4, 0.5) is 0 Å². The van der Waals surface area contributed by atoms with Gasteiger partial charge in [-0.05, 0) is 51.1 Å². The largest absolute Gasteiger partial charge is 0.378 e. The number of likely N-dealkylation sites (tertiary alicyclic amines) is 1. The summed E-state index contributed by atoms with van der Waals surface area (Å²) in [6.45, 7) is 6.87. The summed E-state index contributed by atoms with van der Waals surface area (Å²) in [5, 5.41) is 0. The van der Waals surface area contributed by atoms with Gasteiger partial charge in [0.25, 0.3) is 0 Å². The van der Waals surface area contributed by atoms with E-state index in [4.69, 9.17) is 10.5 Å². The van der Waals surface area contributed by atoms with Gasteiger partial charge in [-0.3, -0.25) is 0 Å². The van der Waals surface area contributed by atoms with Gasteiger partial charge in [-0.2, -0.15) is 0 Å². The van der Waals surface area contributed by atoms with E-state index >= 15 is 0 Å². The monoisotopic (exact) mass is 226 g/mol. The second-order valence-electron chi connectivity index (χ2n) is 5.51. The molecular weight excluding hydrogens is 200 g/mol. The maximum Gasteiger partial charge on any atom is 0.0576 e. The number of hydrogen-bond acceptors (Lipinski definition) is 3. The highest BCUT2D eigenvalue weighted by atomic mass is 16.5. The molecule has 0 aliphatic carbocycles.